The van der Waals surface area contributed by atoms with E-state index in [1.165, 1.54) is 5.56 Å². The maximum Gasteiger partial charge on any atom is 0.123 e. The Balaban J connectivity index is 1.82. The molecule has 0 aromatic heterocycles. The smallest absolute Gasteiger partial charge is 0.123 e. The Morgan fingerprint density at radius 2 is 2.00 bits per heavy atom. The van der Waals surface area contributed by atoms with Gasteiger partial charge < -0.3 is 4.79 Å². The summed E-state index contributed by atoms with van der Waals surface area (Å²) in [5.74, 6) is 1.61. The van der Waals surface area contributed by atoms with Crippen LogP contribution in [-0.4, -0.2) is 6.29 Å². The van der Waals surface area contributed by atoms with Gasteiger partial charge in [0.05, 0.1) is 0 Å². The summed E-state index contributed by atoms with van der Waals surface area (Å²) in [5.41, 5.74) is 1.39. The maximum atomic E-state index is 10.6. The van der Waals surface area contributed by atoms with E-state index < -0.39 is 0 Å². The number of hydrogen-bond donors (Lipinski definition) is 0. The van der Waals surface area contributed by atoms with Gasteiger partial charge in [0.15, 0.2) is 0 Å². The van der Waals surface area contributed by atoms with E-state index in [1.807, 2.05) is 6.07 Å². The molecular formula is C13H16O. The lowest BCUT2D eigenvalue weighted by Crippen LogP contribution is -1.89. The molecule has 0 unspecified atom stereocenters. The molecule has 0 amide bonds. The third kappa shape index (κ3) is 1.87. The van der Waals surface area contributed by atoms with Crippen LogP contribution in [0.25, 0.3) is 0 Å². The maximum absolute atomic E-state index is 10.6. The average Bonchev–Trinajstić information content (AvgIpc) is 2.87. The van der Waals surface area contributed by atoms with Crippen molar-refractivity contribution < 1.29 is 4.79 Å². The molecule has 1 heteroatoms. The van der Waals surface area contributed by atoms with E-state index in [-0.39, 0.29) is 0 Å². The van der Waals surface area contributed by atoms with Crippen molar-refractivity contribution in [3.63, 3.8) is 0 Å². The SMILES string of the molecule is C[C@H]1[C@H](C=O)[C@H]1CCc1ccccc1. The van der Waals surface area contributed by atoms with Crippen LogP contribution in [0.15, 0.2) is 30.3 Å². The summed E-state index contributed by atoms with van der Waals surface area (Å²) in [4.78, 5) is 10.6. The second kappa shape index (κ2) is 3.95. The molecule has 0 N–H and O–H groups in total. The summed E-state index contributed by atoms with van der Waals surface area (Å²) in [6.07, 6.45) is 3.40. The Kier molecular flexibility index (Phi) is 2.67. The Morgan fingerprint density at radius 1 is 1.29 bits per heavy atom. The summed E-state index contributed by atoms with van der Waals surface area (Å²) in [6.45, 7) is 2.18. The molecule has 2 rings (SSSR count). The number of benzene rings is 1. The minimum absolute atomic E-state index is 0.346. The van der Waals surface area contributed by atoms with Crippen LogP contribution in [0.4, 0.5) is 0 Å². The zero-order valence-electron chi connectivity index (χ0n) is 8.52. The molecule has 0 spiro atoms. The van der Waals surface area contributed by atoms with Crippen LogP contribution in [0.2, 0.25) is 0 Å². The molecule has 0 saturated heterocycles. The molecule has 0 bridgehead atoms. The molecule has 14 heavy (non-hydrogen) atoms. The monoisotopic (exact) mass is 188 g/mol. The molecule has 0 aliphatic heterocycles. The Hall–Kier alpha value is -1.11. The van der Waals surface area contributed by atoms with Crippen molar-refractivity contribution in [3.8, 4) is 0 Å². The molecule has 74 valence electrons. The molecule has 1 aliphatic carbocycles. The van der Waals surface area contributed by atoms with Crippen LogP contribution in [0.1, 0.15) is 18.9 Å². The molecule has 0 heterocycles. The fraction of sp³-hybridized carbons (Fsp3) is 0.462. The number of aryl methyl sites for hydroxylation is 1. The van der Waals surface area contributed by atoms with E-state index in [1.54, 1.807) is 0 Å². The number of carbonyl (C=O) groups excluding carboxylic acids is 1. The number of carbonyl (C=O) groups is 1. The van der Waals surface area contributed by atoms with Crippen LogP contribution in [0.3, 0.4) is 0 Å². The zero-order valence-corrected chi connectivity index (χ0v) is 8.52. The van der Waals surface area contributed by atoms with Gasteiger partial charge in [-0.25, -0.2) is 0 Å². The second-order valence-corrected chi connectivity index (χ2v) is 4.26. The first-order valence-corrected chi connectivity index (χ1v) is 5.32. The number of aldehydes is 1. The molecule has 0 radical (unpaired) electrons. The highest BCUT2D eigenvalue weighted by molar-refractivity contribution is 5.59. The normalized spacial score (nSPS) is 29.9. The minimum atomic E-state index is 0.346. The van der Waals surface area contributed by atoms with Gasteiger partial charge in [-0.15, -0.1) is 0 Å². The van der Waals surface area contributed by atoms with Crippen LogP contribution in [-0.2, 0) is 11.2 Å². The second-order valence-electron chi connectivity index (χ2n) is 4.26. The van der Waals surface area contributed by atoms with Gasteiger partial charge in [-0.3, -0.25) is 0 Å². The third-order valence-electron chi connectivity index (χ3n) is 3.40. The molecular weight excluding hydrogens is 172 g/mol. The fourth-order valence-electron chi connectivity index (χ4n) is 2.24. The first-order chi connectivity index (χ1) is 6.83. The molecule has 1 aliphatic rings. The number of hydrogen-bond acceptors (Lipinski definition) is 1. The lowest BCUT2D eigenvalue weighted by molar-refractivity contribution is -0.109. The van der Waals surface area contributed by atoms with E-state index in [0.29, 0.717) is 17.8 Å². The van der Waals surface area contributed by atoms with E-state index in [0.717, 1.165) is 19.1 Å². The molecule has 1 nitrogen and oxygen atoms in total. The predicted octanol–water partition coefficient (Wildman–Crippen LogP) is 2.70. The van der Waals surface area contributed by atoms with Crippen molar-refractivity contribution in [3.05, 3.63) is 35.9 Å². The Morgan fingerprint density at radius 3 is 2.57 bits per heavy atom. The first-order valence-electron chi connectivity index (χ1n) is 5.32. The standard InChI is InChI=1S/C13H16O/c1-10-12(13(10)9-14)8-7-11-5-3-2-4-6-11/h2-6,9-10,12-13H,7-8H2,1H3/t10-,12+,13+/m1/s1. The van der Waals surface area contributed by atoms with Gasteiger partial charge in [0, 0.05) is 5.92 Å². The van der Waals surface area contributed by atoms with Crippen LogP contribution in [0, 0.1) is 17.8 Å². The molecule has 1 aromatic rings. The van der Waals surface area contributed by atoms with Crippen molar-refractivity contribution in [2.75, 3.05) is 0 Å². The largest absolute Gasteiger partial charge is 0.303 e. The van der Waals surface area contributed by atoms with Gasteiger partial charge in [0.1, 0.15) is 6.29 Å². The topological polar surface area (TPSA) is 17.1 Å². The van der Waals surface area contributed by atoms with Crippen molar-refractivity contribution in [1.29, 1.82) is 0 Å². The Bertz CT molecular complexity index is 304. The summed E-state index contributed by atoms with van der Waals surface area (Å²) in [5, 5.41) is 0. The predicted molar refractivity (Wildman–Crippen MR) is 57.0 cm³/mol. The fourth-order valence-corrected chi connectivity index (χ4v) is 2.24. The van der Waals surface area contributed by atoms with Gasteiger partial charge in [-0.1, -0.05) is 37.3 Å². The van der Waals surface area contributed by atoms with Gasteiger partial charge >= 0.3 is 0 Å². The van der Waals surface area contributed by atoms with Gasteiger partial charge in [0.2, 0.25) is 0 Å². The van der Waals surface area contributed by atoms with Crippen molar-refractivity contribution in [2.45, 2.75) is 19.8 Å². The summed E-state index contributed by atoms with van der Waals surface area (Å²) in [6, 6.07) is 10.5. The highest BCUT2D eigenvalue weighted by Gasteiger charge is 2.45. The van der Waals surface area contributed by atoms with E-state index in [4.69, 9.17) is 0 Å². The molecule has 1 aromatic carbocycles. The Labute approximate surface area is 85.1 Å². The summed E-state index contributed by atoms with van der Waals surface area (Å²) < 4.78 is 0. The quantitative estimate of drug-likeness (QED) is 0.664. The summed E-state index contributed by atoms with van der Waals surface area (Å²) >= 11 is 0. The lowest BCUT2D eigenvalue weighted by Gasteiger charge is -1.99. The summed E-state index contributed by atoms with van der Waals surface area (Å²) in [7, 11) is 0. The minimum Gasteiger partial charge on any atom is -0.303 e. The van der Waals surface area contributed by atoms with E-state index >= 15 is 0 Å². The third-order valence-corrected chi connectivity index (χ3v) is 3.40. The highest BCUT2D eigenvalue weighted by Crippen LogP contribution is 2.47. The van der Waals surface area contributed by atoms with Crippen LogP contribution < -0.4 is 0 Å². The van der Waals surface area contributed by atoms with Gasteiger partial charge in [-0.05, 0) is 30.2 Å². The lowest BCUT2D eigenvalue weighted by atomic mass is 10.1. The zero-order chi connectivity index (χ0) is 9.97. The van der Waals surface area contributed by atoms with Crippen molar-refractivity contribution >= 4 is 6.29 Å². The van der Waals surface area contributed by atoms with E-state index in [2.05, 4.69) is 31.2 Å². The van der Waals surface area contributed by atoms with Crippen LogP contribution in [0.5, 0.6) is 0 Å². The van der Waals surface area contributed by atoms with Gasteiger partial charge in [-0.2, -0.15) is 0 Å². The number of rotatable bonds is 4. The van der Waals surface area contributed by atoms with Crippen molar-refractivity contribution in [1.82, 2.24) is 0 Å². The average molecular weight is 188 g/mol. The van der Waals surface area contributed by atoms with E-state index in [9.17, 15) is 4.79 Å². The van der Waals surface area contributed by atoms with Gasteiger partial charge in [0.25, 0.3) is 0 Å². The molecule has 3 atom stereocenters. The molecule has 1 fully saturated rings. The first kappa shape index (κ1) is 9.45. The van der Waals surface area contributed by atoms with Crippen LogP contribution >= 0.6 is 0 Å². The highest BCUT2D eigenvalue weighted by atomic mass is 16.1. The molecule has 1 saturated carbocycles. The van der Waals surface area contributed by atoms with Crippen molar-refractivity contribution in [2.24, 2.45) is 17.8 Å².